The molecule has 18 heavy (non-hydrogen) atoms. The van der Waals surface area contributed by atoms with E-state index in [4.69, 9.17) is 5.11 Å². The van der Waals surface area contributed by atoms with Crippen LogP contribution in [0.4, 0.5) is 4.79 Å². The lowest BCUT2D eigenvalue weighted by Gasteiger charge is -2.39. The molecule has 0 aromatic rings. The molecule has 0 saturated carbocycles. The average molecular weight is 258 g/mol. The van der Waals surface area contributed by atoms with Crippen LogP contribution in [0.15, 0.2) is 0 Å². The molecule has 1 unspecified atom stereocenters. The number of urea groups is 1. The fourth-order valence-corrected chi connectivity index (χ4v) is 1.57. The van der Waals surface area contributed by atoms with E-state index < -0.39 is 5.97 Å². The van der Waals surface area contributed by atoms with Crippen molar-refractivity contribution in [3.63, 3.8) is 0 Å². The van der Waals surface area contributed by atoms with E-state index in [0.29, 0.717) is 0 Å². The van der Waals surface area contributed by atoms with Crippen LogP contribution >= 0.6 is 0 Å². The third-order valence-corrected chi connectivity index (χ3v) is 3.31. The minimum Gasteiger partial charge on any atom is -0.480 e. The SMILES string of the molecule is CC(C)N(CC(=O)O)C(=O)N(C)C(C)C(C)(C)C. The van der Waals surface area contributed by atoms with Crippen LogP contribution in [0.25, 0.3) is 0 Å². The lowest BCUT2D eigenvalue weighted by molar-refractivity contribution is -0.138. The van der Waals surface area contributed by atoms with Gasteiger partial charge in [-0.1, -0.05) is 20.8 Å². The highest BCUT2D eigenvalue weighted by Gasteiger charge is 2.31. The largest absolute Gasteiger partial charge is 0.480 e. The van der Waals surface area contributed by atoms with Gasteiger partial charge < -0.3 is 14.9 Å². The van der Waals surface area contributed by atoms with Gasteiger partial charge in [0.05, 0.1) is 0 Å². The van der Waals surface area contributed by atoms with Crippen LogP contribution < -0.4 is 0 Å². The Morgan fingerprint density at radius 3 is 1.89 bits per heavy atom. The maximum absolute atomic E-state index is 12.3. The summed E-state index contributed by atoms with van der Waals surface area (Å²) in [5.41, 5.74) is -0.0454. The van der Waals surface area contributed by atoms with Crippen molar-refractivity contribution in [2.24, 2.45) is 5.41 Å². The molecule has 0 rings (SSSR count). The van der Waals surface area contributed by atoms with Crippen molar-refractivity contribution >= 4 is 12.0 Å². The van der Waals surface area contributed by atoms with Gasteiger partial charge in [-0.3, -0.25) is 4.79 Å². The van der Waals surface area contributed by atoms with E-state index in [-0.39, 0.29) is 30.1 Å². The maximum Gasteiger partial charge on any atom is 0.323 e. The number of hydrogen-bond acceptors (Lipinski definition) is 2. The van der Waals surface area contributed by atoms with Crippen molar-refractivity contribution in [2.45, 2.75) is 53.6 Å². The molecule has 0 fully saturated rings. The number of rotatable bonds is 4. The highest BCUT2D eigenvalue weighted by Crippen LogP contribution is 2.24. The maximum atomic E-state index is 12.3. The van der Waals surface area contributed by atoms with Crippen molar-refractivity contribution in [1.29, 1.82) is 0 Å². The Hall–Kier alpha value is -1.26. The lowest BCUT2D eigenvalue weighted by atomic mass is 9.87. The summed E-state index contributed by atoms with van der Waals surface area (Å²) >= 11 is 0. The van der Waals surface area contributed by atoms with Crippen LogP contribution in [0, 0.1) is 5.41 Å². The van der Waals surface area contributed by atoms with Crippen molar-refractivity contribution in [3.05, 3.63) is 0 Å². The highest BCUT2D eigenvalue weighted by molar-refractivity contribution is 5.80. The van der Waals surface area contributed by atoms with Gasteiger partial charge in [0.2, 0.25) is 0 Å². The third kappa shape index (κ3) is 4.55. The molecule has 0 radical (unpaired) electrons. The van der Waals surface area contributed by atoms with E-state index >= 15 is 0 Å². The molecule has 0 spiro atoms. The van der Waals surface area contributed by atoms with Crippen LogP contribution in [0.3, 0.4) is 0 Å². The second kappa shape index (κ2) is 6.07. The Bertz CT molecular complexity index is 308. The summed E-state index contributed by atoms with van der Waals surface area (Å²) in [5.74, 6) is -0.992. The fraction of sp³-hybridized carbons (Fsp3) is 0.846. The number of carbonyl (C=O) groups is 2. The van der Waals surface area contributed by atoms with Gasteiger partial charge in [-0.25, -0.2) is 4.79 Å². The first-order chi connectivity index (χ1) is 7.98. The van der Waals surface area contributed by atoms with E-state index in [9.17, 15) is 9.59 Å². The van der Waals surface area contributed by atoms with Gasteiger partial charge >= 0.3 is 12.0 Å². The number of aliphatic carboxylic acids is 1. The van der Waals surface area contributed by atoms with Gasteiger partial charge in [0.15, 0.2) is 0 Å². The molecule has 106 valence electrons. The van der Waals surface area contributed by atoms with Crippen molar-refractivity contribution in [3.8, 4) is 0 Å². The monoisotopic (exact) mass is 258 g/mol. The smallest absolute Gasteiger partial charge is 0.323 e. The van der Waals surface area contributed by atoms with Crippen LogP contribution in [0.1, 0.15) is 41.5 Å². The van der Waals surface area contributed by atoms with Crippen LogP contribution in [0.5, 0.6) is 0 Å². The van der Waals surface area contributed by atoms with Gasteiger partial charge in [0, 0.05) is 19.1 Å². The van der Waals surface area contributed by atoms with Gasteiger partial charge in [-0.2, -0.15) is 0 Å². The Kier molecular flexibility index (Phi) is 5.64. The van der Waals surface area contributed by atoms with E-state index in [0.717, 1.165) is 0 Å². The first-order valence-electron chi connectivity index (χ1n) is 6.23. The molecule has 0 saturated heterocycles. The van der Waals surface area contributed by atoms with E-state index in [1.807, 2.05) is 20.8 Å². The molecule has 0 aliphatic carbocycles. The minimum absolute atomic E-state index is 0.0278. The molecule has 2 amide bonds. The van der Waals surface area contributed by atoms with Crippen molar-refractivity contribution in [2.75, 3.05) is 13.6 Å². The third-order valence-electron chi connectivity index (χ3n) is 3.31. The molecule has 0 aliphatic rings. The molecule has 1 N–H and O–H groups in total. The predicted molar refractivity (Wildman–Crippen MR) is 71.6 cm³/mol. The van der Waals surface area contributed by atoms with Crippen LogP contribution in [-0.4, -0.2) is 52.6 Å². The van der Waals surface area contributed by atoms with Crippen LogP contribution in [-0.2, 0) is 4.79 Å². The zero-order valence-corrected chi connectivity index (χ0v) is 12.5. The van der Waals surface area contributed by atoms with E-state index in [1.54, 1.807) is 11.9 Å². The minimum atomic E-state index is -0.992. The Morgan fingerprint density at radius 2 is 1.61 bits per heavy atom. The molecule has 0 aromatic heterocycles. The molecule has 5 nitrogen and oxygen atoms in total. The highest BCUT2D eigenvalue weighted by atomic mass is 16.4. The summed E-state index contributed by atoms with van der Waals surface area (Å²) in [6.45, 7) is 11.5. The summed E-state index contributed by atoms with van der Waals surface area (Å²) in [5, 5.41) is 8.85. The van der Waals surface area contributed by atoms with Gasteiger partial charge in [0.25, 0.3) is 0 Å². The normalized spacial score (nSPS) is 13.3. The van der Waals surface area contributed by atoms with Crippen molar-refractivity contribution in [1.82, 2.24) is 9.80 Å². The second-order valence-electron chi connectivity index (χ2n) is 6.05. The molecule has 0 aromatic carbocycles. The average Bonchev–Trinajstić information content (AvgIpc) is 2.20. The van der Waals surface area contributed by atoms with Crippen molar-refractivity contribution < 1.29 is 14.7 Å². The summed E-state index contributed by atoms with van der Waals surface area (Å²) in [6.07, 6.45) is 0. The van der Waals surface area contributed by atoms with Gasteiger partial charge in [-0.05, 0) is 26.2 Å². The number of hydrogen-bond donors (Lipinski definition) is 1. The number of carboxylic acid groups (broad SMARTS) is 1. The lowest BCUT2D eigenvalue weighted by Crippen LogP contribution is -2.52. The summed E-state index contributed by atoms with van der Waals surface area (Å²) in [7, 11) is 1.72. The molecule has 0 bridgehead atoms. The molecule has 0 aliphatic heterocycles. The number of carbonyl (C=O) groups excluding carboxylic acids is 1. The van der Waals surface area contributed by atoms with Crippen LogP contribution in [0.2, 0.25) is 0 Å². The zero-order valence-electron chi connectivity index (χ0n) is 12.5. The molecule has 0 heterocycles. The summed E-state index contributed by atoms with van der Waals surface area (Å²) in [4.78, 5) is 26.1. The Labute approximate surface area is 110 Å². The fourth-order valence-electron chi connectivity index (χ4n) is 1.57. The zero-order chi connectivity index (χ0) is 14.7. The first kappa shape index (κ1) is 16.7. The quantitative estimate of drug-likeness (QED) is 0.841. The topological polar surface area (TPSA) is 60.9 Å². The van der Waals surface area contributed by atoms with E-state index in [1.165, 1.54) is 4.90 Å². The summed E-state index contributed by atoms with van der Waals surface area (Å²) < 4.78 is 0. The Balaban J connectivity index is 4.93. The molecule has 1 atom stereocenters. The number of amides is 2. The molecule has 5 heteroatoms. The van der Waals surface area contributed by atoms with Gasteiger partial charge in [0.1, 0.15) is 6.54 Å². The van der Waals surface area contributed by atoms with Gasteiger partial charge in [-0.15, -0.1) is 0 Å². The first-order valence-corrected chi connectivity index (χ1v) is 6.23. The van der Waals surface area contributed by atoms with E-state index in [2.05, 4.69) is 20.8 Å². The number of carboxylic acids is 1. The molecular weight excluding hydrogens is 232 g/mol. The standard InChI is InChI=1S/C13H26N2O3/c1-9(2)15(8-11(16)17)12(18)14(7)10(3)13(4,5)6/h9-10H,8H2,1-7H3,(H,16,17). The summed E-state index contributed by atoms with van der Waals surface area (Å²) in [6, 6.07) is -0.349. The second-order valence-corrected chi connectivity index (χ2v) is 6.05. The predicted octanol–water partition coefficient (Wildman–Crippen LogP) is 2.27. The molecular formula is C13H26N2O3. The number of nitrogens with zero attached hydrogens (tertiary/aromatic N) is 2. The Morgan fingerprint density at radius 1 is 1.17 bits per heavy atom.